The van der Waals surface area contributed by atoms with Crippen LogP contribution in [0.1, 0.15) is 25.0 Å². The van der Waals surface area contributed by atoms with Gasteiger partial charge in [0.15, 0.2) is 5.82 Å². The molecular weight excluding hydrogens is 228 g/mol. The summed E-state index contributed by atoms with van der Waals surface area (Å²) in [7, 11) is 1.65. The van der Waals surface area contributed by atoms with Crippen molar-refractivity contribution >= 4 is 5.82 Å². The first-order valence-corrected chi connectivity index (χ1v) is 6.10. The van der Waals surface area contributed by atoms with E-state index in [1.54, 1.807) is 7.11 Å². The second-order valence-electron chi connectivity index (χ2n) is 4.83. The average Bonchev–Trinajstić information content (AvgIpc) is 2.98. The van der Waals surface area contributed by atoms with Crippen molar-refractivity contribution in [1.82, 2.24) is 5.16 Å². The quantitative estimate of drug-likeness (QED) is 0.901. The monoisotopic (exact) mass is 244 g/mol. The second-order valence-corrected chi connectivity index (χ2v) is 4.83. The van der Waals surface area contributed by atoms with Gasteiger partial charge in [-0.3, -0.25) is 0 Å². The number of hydrogen-bond acceptors (Lipinski definition) is 4. The molecule has 2 atom stereocenters. The van der Waals surface area contributed by atoms with Crippen LogP contribution in [-0.4, -0.2) is 12.3 Å². The van der Waals surface area contributed by atoms with Crippen LogP contribution >= 0.6 is 0 Å². The lowest BCUT2D eigenvalue weighted by Crippen LogP contribution is -1.93. The zero-order chi connectivity index (χ0) is 12.7. The maximum atomic E-state index is 5.95. The summed E-state index contributed by atoms with van der Waals surface area (Å²) in [4.78, 5) is 0. The van der Waals surface area contributed by atoms with Crippen molar-refractivity contribution in [3.8, 4) is 16.9 Å². The normalized spacial score (nSPS) is 21.9. The molecule has 3 rings (SSSR count). The van der Waals surface area contributed by atoms with Crippen molar-refractivity contribution < 1.29 is 9.26 Å². The summed E-state index contributed by atoms with van der Waals surface area (Å²) in [5.74, 6) is 3.21. The molecule has 1 saturated carbocycles. The topological polar surface area (TPSA) is 61.3 Å². The molecule has 0 saturated heterocycles. The Hall–Kier alpha value is -1.97. The van der Waals surface area contributed by atoms with Gasteiger partial charge in [0, 0.05) is 11.5 Å². The van der Waals surface area contributed by atoms with Gasteiger partial charge in [-0.1, -0.05) is 30.3 Å². The highest BCUT2D eigenvalue weighted by molar-refractivity contribution is 5.80. The van der Waals surface area contributed by atoms with Gasteiger partial charge in [-0.15, -0.1) is 0 Å². The fourth-order valence-corrected chi connectivity index (χ4v) is 2.38. The number of hydrogen-bond donors (Lipinski definition) is 1. The summed E-state index contributed by atoms with van der Waals surface area (Å²) in [5, 5.41) is 3.91. The summed E-state index contributed by atoms with van der Waals surface area (Å²) in [6.07, 6.45) is 1.14. The first-order chi connectivity index (χ1) is 8.72. The van der Waals surface area contributed by atoms with Crippen LogP contribution in [0, 0.1) is 5.92 Å². The molecule has 2 unspecified atom stereocenters. The van der Waals surface area contributed by atoms with E-state index in [1.807, 2.05) is 24.3 Å². The van der Waals surface area contributed by atoms with Crippen LogP contribution in [0.5, 0.6) is 5.75 Å². The number of nitrogens with two attached hydrogens (primary N) is 1. The van der Waals surface area contributed by atoms with E-state index in [0.29, 0.717) is 17.7 Å². The molecule has 0 aliphatic heterocycles. The Kier molecular flexibility index (Phi) is 2.51. The Morgan fingerprint density at radius 1 is 1.39 bits per heavy atom. The molecule has 1 fully saturated rings. The van der Waals surface area contributed by atoms with Crippen LogP contribution in [0.25, 0.3) is 11.1 Å². The number of nitrogens with zero attached hydrogens (tertiary/aromatic N) is 1. The van der Waals surface area contributed by atoms with Gasteiger partial charge < -0.3 is 15.0 Å². The van der Waals surface area contributed by atoms with E-state index in [-0.39, 0.29) is 0 Å². The predicted molar refractivity (Wildman–Crippen MR) is 69.4 cm³/mol. The molecule has 1 aromatic carbocycles. The number of methoxy groups -OCH3 is 1. The van der Waals surface area contributed by atoms with E-state index in [0.717, 1.165) is 29.1 Å². The van der Waals surface area contributed by atoms with Crippen LogP contribution in [-0.2, 0) is 0 Å². The van der Waals surface area contributed by atoms with Crippen LogP contribution in [0.2, 0.25) is 0 Å². The highest BCUT2D eigenvalue weighted by atomic mass is 16.5. The number of nitrogen functional groups attached to an aromatic ring is 1. The maximum absolute atomic E-state index is 5.95. The molecule has 0 radical (unpaired) electrons. The van der Waals surface area contributed by atoms with Crippen LogP contribution in [0.3, 0.4) is 0 Å². The Balaban J connectivity index is 2.13. The molecular formula is C14H16N2O2. The first-order valence-electron chi connectivity index (χ1n) is 6.10. The Bertz CT molecular complexity index is 577. The molecule has 1 aliphatic rings. The van der Waals surface area contributed by atoms with Crippen LogP contribution in [0.4, 0.5) is 5.82 Å². The van der Waals surface area contributed by atoms with E-state index < -0.39 is 0 Å². The highest BCUT2D eigenvalue weighted by Crippen LogP contribution is 2.52. The molecule has 1 aromatic heterocycles. The Morgan fingerprint density at radius 3 is 2.78 bits per heavy atom. The third-order valence-corrected chi connectivity index (χ3v) is 3.57. The van der Waals surface area contributed by atoms with Crippen molar-refractivity contribution in [2.24, 2.45) is 5.92 Å². The van der Waals surface area contributed by atoms with Gasteiger partial charge in [0.1, 0.15) is 11.5 Å². The molecule has 2 N–H and O–H groups in total. The Morgan fingerprint density at radius 2 is 2.11 bits per heavy atom. The summed E-state index contributed by atoms with van der Waals surface area (Å²) in [5.41, 5.74) is 7.79. The molecule has 4 nitrogen and oxygen atoms in total. The van der Waals surface area contributed by atoms with Crippen LogP contribution < -0.4 is 10.5 Å². The van der Waals surface area contributed by atoms with Gasteiger partial charge in [0.05, 0.1) is 12.7 Å². The molecule has 4 heteroatoms. The lowest BCUT2D eigenvalue weighted by molar-refractivity contribution is 0.384. The number of para-hydroxylation sites is 1. The summed E-state index contributed by atoms with van der Waals surface area (Å²) < 4.78 is 10.8. The van der Waals surface area contributed by atoms with Crippen molar-refractivity contribution in [2.75, 3.05) is 12.8 Å². The summed E-state index contributed by atoms with van der Waals surface area (Å²) in [6, 6.07) is 7.80. The fraction of sp³-hybridized carbons (Fsp3) is 0.357. The highest BCUT2D eigenvalue weighted by Gasteiger charge is 2.40. The van der Waals surface area contributed by atoms with Gasteiger partial charge in [-0.05, 0) is 18.4 Å². The second kappa shape index (κ2) is 4.05. The molecule has 0 spiro atoms. The molecule has 18 heavy (non-hydrogen) atoms. The molecule has 1 heterocycles. The van der Waals surface area contributed by atoms with Gasteiger partial charge >= 0.3 is 0 Å². The molecule has 1 aliphatic carbocycles. The smallest absolute Gasteiger partial charge is 0.175 e. The minimum absolute atomic E-state index is 0.439. The number of benzene rings is 1. The zero-order valence-corrected chi connectivity index (χ0v) is 10.5. The van der Waals surface area contributed by atoms with E-state index >= 15 is 0 Å². The van der Waals surface area contributed by atoms with Crippen molar-refractivity contribution in [3.05, 3.63) is 30.0 Å². The largest absolute Gasteiger partial charge is 0.496 e. The van der Waals surface area contributed by atoms with E-state index in [2.05, 4.69) is 12.1 Å². The van der Waals surface area contributed by atoms with Gasteiger partial charge in [0.2, 0.25) is 0 Å². The third kappa shape index (κ3) is 1.65. The van der Waals surface area contributed by atoms with E-state index in [4.69, 9.17) is 15.0 Å². The minimum Gasteiger partial charge on any atom is -0.496 e. The van der Waals surface area contributed by atoms with Crippen molar-refractivity contribution in [2.45, 2.75) is 19.3 Å². The van der Waals surface area contributed by atoms with Crippen molar-refractivity contribution in [3.63, 3.8) is 0 Å². The van der Waals surface area contributed by atoms with Crippen LogP contribution in [0.15, 0.2) is 28.8 Å². The SMILES string of the molecule is COc1ccccc1-c1c(N)noc1C1CC1C. The standard InChI is InChI=1S/C14H16N2O2/c1-8-7-10(8)13-12(14(15)16-18-13)9-5-3-4-6-11(9)17-2/h3-6,8,10H,7H2,1-2H3,(H2,15,16). The molecule has 2 aromatic rings. The van der Waals surface area contributed by atoms with E-state index in [9.17, 15) is 0 Å². The zero-order valence-electron chi connectivity index (χ0n) is 10.5. The number of aromatic nitrogens is 1. The molecule has 0 amide bonds. The number of rotatable bonds is 3. The molecule has 94 valence electrons. The number of anilines is 1. The fourth-order valence-electron chi connectivity index (χ4n) is 2.38. The number of ether oxygens (including phenoxy) is 1. The minimum atomic E-state index is 0.439. The maximum Gasteiger partial charge on any atom is 0.175 e. The lowest BCUT2D eigenvalue weighted by atomic mass is 10.0. The van der Waals surface area contributed by atoms with Gasteiger partial charge in [0.25, 0.3) is 0 Å². The average molecular weight is 244 g/mol. The summed E-state index contributed by atoms with van der Waals surface area (Å²) in [6.45, 7) is 2.20. The van der Waals surface area contributed by atoms with E-state index in [1.165, 1.54) is 0 Å². The van der Waals surface area contributed by atoms with Gasteiger partial charge in [-0.25, -0.2) is 0 Å². The van der Waals surface area contributed by atoms with Gasteiger partial charge in [-0.2, -0.15) is 0 Å². The Labute approximate surface area is 106 Å². The van der Waals surface area contributed by atoms with Crippen molar-refractivity contribution in [1.29, 1.82) is 0 Å². The predicted octanol–water partition coefficient (Wildman–Crippen LogP) is 3.06. The third-order valence-electron chi connectivity index (χ3n) is 3.57. The molecule has 0 bridgehead atoms. The lowest BCUT2D eigenvalue weighted by Gasteiger charge is -2.08. The first kappa shape index (κ1) is 11.1. The summed E-state index contributed by atoms with van der Waals surface area (Å²) >= 11 is 0.